The predicted molar refractivity (Wildman–Crippen MR) is 103 cm³/mol. The first kappa shape index (κ1) is 19.2. The summed E-state index contributed by atoms with van der Waals surface area (Å²) in [5.41, 5.74) is 4.49. The fourth-order valence-electron chi connectivity index (χ4n) is 5.89. The standard InChI is InChI=1S/C21H23FN4O4/c22-10-6-7-13-12(8-10)21(20(30)24-13)17-16(14(25-21)9-15(23)27)18(28)26(19(17)29)11-4-2-1-3-5-11/h6-8,11,14,16-17,25H,1-5,9H2,(H2,23,27)(H,24,30)/t14?,16-,17+,21?/m0/s1. The molecule has 1 saturated carbocycles. The van der Waals surface area contributed by atoms with Crippen LogP contribution >= 0.6 is 0 Å². The second-order valence-corrected chi connectivity index (χ2v) is 8.72. The van der Waals surface area contributed by atoms with Crippen LogP contribution in [0.25, 0.3) is 0 Å². The Hall–Kier alpha value is -2.81. The molecule has 0 aromatic heterocycles. The SMILES string of the molecule is NC(=O)CC1NC2(C(=O)Nc3ccc(F)cc32)[C@H]2C(=O)N(C3CCCCC3)C(=O)[C@@H]12. The number of nitrogens with two attached hydrogens (primary N) is 1. The maximum atomic E-state index is 14.1. The van der Waals surface area contributed by atoms with Gasteiger partial charge in [-0.1, -0.05) is 19.3 Å². The molecule has 8 nitrogen and oxygen atoms in total. The third kappa shape index (κ3) is 2.47. The van der Waals surface area contributed by atoms with Crippen molar-refractivity contribution < 1.29 is 23.6 Å². The molecule has 4 N–H and O–H groups in total. The average Bonchev–Trinajstić information content (AvgIpc) is 3.27. The van der Waals surface area contributed by atoms with E-state index in [1.54, 1.807) is 0 Å². The van der Waals surface area contributed by atoms with E-state index in [1.807, 2.05) is 0 Å². The number of primary amides is 1. The molecule has 3 fully saturated rings. The average molecular weight is 414 g/mol. The molecule has 1 aromatic rings. The fraction of sp³-hybridized carbons (Fsp3) is 0.524. The zero-order valence-electron chi connectivity index (χ0n) is 16.3. The number of nitrogens with one attached hydrogen (secondary N) is 2. The number of carbonyl (C=O) groups excluding carboxylic acids is 4. The maximum absolute atomic E-state index is 14.1. The number of likely N-dealkylation sites (tertiary alicyclic amines) is 1. The Morgan fingerprint density at radius 1 is 1.17 bits per heavy atom. The molecule has 1 aliphatic carbocycles. The summed E-state index contributed by atoms with van der Waals surface area (Å²) >= 11 is 0. The Balaban J connectivity index is 1.63. The number of hydrogen-bond acceptors (Lipinski definition) is 5. The van der Waals surface area contributed by atoms with Crippen molar-refractivity contribution >= 4 is 29.3 Å². The fourth-order valence-corrected chi connectivity index (χ4v) is 5.89. The van der Waals surface area contributed by atoms with E-state index < -0.39 is 47.0 Å². The molecular formula is C21H23FN4O4. The number of fused-ring (bicyclic) bond motifs is 4. The minimum atomic E-state index is -1.60. The van der Waals surface area contributed by atoms with Crippen LogP contribution in [-0.2, 0) is 24.7 Å². The highest BCUT2D eigenvalue weighted by molar-refractivity contribution is 6.15. The lowest BCUT2D eigenvalue weighted by Gasteiger charge is -2.33. The van der Waals surface area contributed by atoms with Crippen LogP contribution in [0.3, 0.4) is 0 Å². The Bertz CT molecular complexity index is 976. The van der Waals surface area contributed by atoms with Gasteiger partial charge in [0.05, 0.1) is 11.8 Å². The van der Waals surface area contributed by atoms with Crippen LogP contribution in [0, 0.1) is 17.7 Å². The zero-order chi connectivity index (χ0) is 21.2. The topological polar surface area (TPSA) is 122 Å². The molecule has 1 spiro atoms. The van der Waals surface area contributed by atoms with Crippen molar-refractivity contribution in [3.05, 3.63) is 29.6 Å². The summed E-state index contributed by atoms with van der Waals surface area (Å²) in [6, 6.07) is 2.90. The molecule has 158 valence electrons. The van der Waals surface area contributed by atoms with E-state index in [2.05, 4.69) is 10.6 Å². The van der Waals surface area contributed by atoms with Crippen molar-refractivity contribution in [1.82, 2.24) is 10.2 Å². The quantitative estimate of drug-likeness (QED) is 0.631. The number of rotatable bonds is 3. The molecule has 4 aliphatic rings. The van der Waals surface area contributed by atoms with Gasteiger partial charge in [-0.2, -0.15) is 0 Å². The van der Waals surface area contributed by atoms with Crippen LogP contribution in [0.4, 0.5) is 10.1 Å². The summed E-state index contributed by atoms with van der Waals surface area (Å²) in [5.74, 6) is -4.45. The van der Waals surface area contributed by atoms with Gasteiger partial charge in [-0.05, 0) is 31.0 Å². The molecule has 4 atom stereocenters. The molecule has 2 unspecified atom stereocenters. The Labute approximate surface area is 172 Å². The van der Waals surface area contributed by atoms with Crippen molar-refractivity contribution in [2.45, 2.75) is 56.1 Å². The predicted octanol–water partition coefficient (Wildman–Crippen LogP) is 0.754. The van der Waals surface area contributed by atoms with E-state index in [0.29, 0.717) is 11.3 Å². The van der Waals surface area contributed by atoms with Crippen LogP contribution in [0.5, 0.6) is 0 Å². The Morgan fingerprint density at radius 2 is 1.90 bits per heavy atom. The summed E-state index contributed by atoms with van der Waals surface area (Å²) in [6.45, 7) is 0. The maximum Gasteiger partial charge on any atom is 0.250 e. The monoisotopic (exact) mass is 414 g/mol. The van der Waals surface area contributed by atoms with Crippen molar-refractivity contribution in [2.75, 3.05) is 5.32 Å². The largest absolute Gasteiger partial charge is 0.370 e. The van der Waals surface area contributed by atoms with Gasteiger partial charge in [-0.25, -0.2) is 4.39 Å². The van der Waals surface area contributed by atoms with E-state index in [1.165, 1.54) is 23.1 Å². The molecular weight excluding hydrogens is 391 g/mol. The van der Waals surface area contributed by atoms with Gasteiger partial charge < -0.3 is 11.1 Å². The highest BCUT2D eigenvalue weighted by Gasteiger charge is 2.71. The summed E-state index contributed by atoms with van der Waals surface area (Å²) in [4.78, 5) is 53.2. The normalized spacial score (nSPS) is 33.2. The first-order chi connectivity index (χ1) is 14.3. The first-order valence-corrected chi connectivity index (χ1v) is 10.4. The second-order valence-electron chi connectivity index (χ2n) is 8.72. The number of benzene rings is 1. The smallest absolute Gasteiger partial charge is 0.250 e. The van der Waals surface area contributed by atoms with Gasteiger partial charge in [0.15, 0.2) is 0 Å². The van der Waals surface area contributed by atoms with Gasteiger partial charge in [0, 0.05) is 29.8 Å². The van der Waals surface area contributed by atoms with Crippen LogP contribution in [0.15, 0.2) is 18.2 Å². The zero-order valence-corrected chi connectivity index (χ0v) is 16.3. The van der Waals surface area contributed by atoms with Crippen molar-refractivity contribution in [1.29, 1.82) is 0 Å². The molecule has 5 rings (SSSR count). The van der Waals surface area contributed by atoms with Crippen LogP contribution in [0.2, 0.25) is 0 Å². The number of anilines is 1. The second kappa shape index (κ2) is 6.60. The van der Waals surface area contributed by atoms with E-state index in [4.69, 9.17) is 5.73 Å². The summed E-state index contributed by atoms with van der Waals surface area (Å²) in [7, 11) is 0. The number of hydrogen-bond donors (Lipinski definition) is 3. The Kier molecular flexibility index (Phi) is 4.22. The minimum Gasteiger partial charge on any atom is -0.370 e. The Morgan fingerprint density at radius 3 is 2.60 bits per heavy atom. The van der Waals surface area contributed by atoms with Gasteiger partial charge in [0.2, 0.25) is 23.6 Å². The highest BCUT2D eigenvalue weighted by atomic mass is 19.1. The summed E-state index contributed by atoms with van der Waals surface area (Å²) < 4.78 is 14.1. The molecule has 2 saturated heterocycles. The number of carbonyl (C=O) groups is 4. The molecule has 0 radical (unpaired) electrons. The molecule has 0 bridgehead atoms. The molecule has 30 heavy (non-hydrogen) atoms. The molecule has 4 amide bonds. The molecule has 3 aliphatic heterocycles. The van der Waals surface area contributed by atoms with Crippen LogP contribution in [0.1, 0.15) is 44.1 Å². The van der Waals surface area contributed by atoms with Crippen LogP contribution < -0.4 is 16.4 Å². The molecule has 9 heteroatoms. The molecule has 3 heterocycles. The van der Waals surface area contributed by atoms with Gasteiger partial charge in [0.1, 0.15) is 11.4 Å². The first-order valence-electron chi connectivity index (χ1n) is 10.4. The van der Waals surface area contributed by atoms with E-state index in [0.717, 1.165) is 32.1 Å². The van der Waals surface area contributed by atoms with Gasteiger partial charge >= 0.3 is 0 Å². The van der Waals surface area contributed by atoms with Gasteiger partial charge in [-0.15, -0.1) is 0 Å². The van der Waals surface area contributed by atoms with E-state index in [9.17, 15) is 23.6 Å². The minimum absolute atomic E-state index is 0.196. The van der Waals surface area contributed by atoms with E-state index >= 15 is 0 Å². The highest BCUT2D eigenvalue weighted by Crippen LogP contribution is 2.54. The van der Waals surface area contributed by atoms with Crippen LogP contribution in [-0.4, -0.2) is 40.6 Å². The third-order valence-corrected chi connectivity index (χ3v) is 7.07. The van der Waals surface area contributed by atoms with Crippen molar-refractivity contribution in [3.63, 3.8) is 0 Å². The number of amides is 4. The van der Waals surface area contributed by atoms with Crippen molar-refractivity contribution in [2.24, 2.45) is 17.6 Å². The lowest BCUT2D eigenvalue weighted by Crippen LogP contribution is -2.54. The van der Waals surface area contributed by atoms with Gasteiger partial charge in [0.25, 0.3) is 0 Å². The third-order valence-electron chi connectivity index (χ3n) is 7.07. The lowest BCUT2D eigenvalue weighted by atomic mass is 9.76. The molecule has 1 aromatic carbocycles. The summed E-state index contributed by atoms with van der Waals surface area (Å²) in [5, 5.41) is 5.78. The number of imide groups is 1. The number of nitrogens with zero attached hydrogens (tertiary/aromatic N) is 1. The van der Waals surface area contributed by atoms with Gasteiger partial charge in [-0.3, -0.25) is 29.4 Å². The lowest BCUT2D eigenvalue weighted by molar-refractivity contribution is -0.146. The number of halogens is 1. The summed E-state index contributed by atoms with van der Waals surface area (Å²) in [6.07, 6.45) is 4.19. The van der Waals surface area contributed by atoms with Crippen molar-refractivity contribution in [3.8, 4) is 0 Å². The van der Waals surface area contributed by atoms with E-state index in [-0.39, 0.29) is 18.4 Å².